The van der Waals surface area contributed by atoms with Crippen molar-refractivity contribution in [2.75, 3.05) is 11.5 Å². The first-order valence-electron chi connectivity index (χ1n) is 6.80. The van der Waals surface area contributed by atoms with Crippen molar-refractivity contribution in [1.29, 1.82) is 0 Å². The van der Waals surface area contributed by atoms with Gasteiger partial charge in [-0.2, -0.15) is 11.8 Å². The smallest absolute Gasteiger partial charge is 0.0550 e. The van der Waals surface area contributed by atoms with Crippen molar-refractivity contribution in [3.8, 4) is 0 Å². The third kappa shape index (κ3) is 5.42. The minimum atomic E-state index is 0.254. The fourth-order valence-corrected chi connectivity index (χ4v) is 3.00. The lowest BCUT2D eigenvalue weighted by molar-refractivity contribution is 0.609. The molecular weight excluding hydrogens is 240 g/mol. The molecule has 1 atom stereocenters. The Morgan fingerprint density at radius 1 is 1.17 bits per heavy atom. The van der Waals surface area contributed by atoms with Crippen LogP contribution in [0, 0.1) is 5.92 Å². The minimum absolute atomic E-state index is 0.254. The number of aryl methyl sites for hydroxylation is 1. The number of nitrogens with two attached hydrogens (primary N) is 1. The van der Waals surface area contributed by atoms with E-state index in [0.29, 0.717) is 0 Å². The normalized spacial score (nSPS) is 12.9. The Hall–Kier alpha value is -0.510. The van der Waals surface area contributed by atoms with Crippen LogP contribution in [0.1, 0.15) is 44.4 Å². The number of rotatable bonds is 8. The van der Waals surface area contributed by atoms with E-state index in [2.05, 4.69) is 50.5 Å². The summed E-state index contributed by atoms with van der Waals surface area (Å²) in [5.74, 6) is 8.61. The van der Waals surface area contributed by atoms with Crippen molar-refractivity contribution in [2.45, 2.75) is 39.7 Å². The van der Waals surface area contributed by atoms with Gasteiger partial charge in [-0.05, 0) is 29.2 Å². The van der Waals surface area contributed by atoms with E-state index in [0.717, 1.165) is 18.1 Å². The Bertz CT molecular complexity index is 322. The fourth-order valence-electron chi connectivity index (χ4n) is 1.87. The van der Waals surface area contributed by atoms with Gasteiger partial charge >= 0.3 is 0 Å². The third-order valence-corrected chi connectivity index (χ3v) is 4.33. The van der Waals surface area contributed by atoms with Crippen LogP contribution in [0.3, 0.4) is 0 Å². The second-order valence-electron chi connectivity index (χ2n) is 5.14. The van der Waals surface area contributed by atoms with Crippen molar-refractivity contribution in [3.63, 3.8) is 0 Å². The highest BCUT2D eigenvalue weighted by Gasteiger charge is 2.09. The molecule has 0 saturated heterocycles. The van der Waals surface area contributed by atoms with Crippen LogP contribution >= 0.6 is 11.8 Å². The Labute approximate surface area is 116 Å². The lowest BCUT2D eigenvalue weighted by atomic mass is 10.0. The molecule has 0 heterocycles. The van der Waals surface area contributed by atoms with Gasteiger partial charge in [-0.1, -0.05) is 51.5 Å². The quantitative estimate of drug-likeness (QED) is 0.558. The lowest BCUT2D eigenvalue weighted by Crippen LogP contribution is -2.29. The highest BCUT2D eigenvalue weighted by molar-refractivity contribution is 7.99. The summed E-state index contributed by atoms with van der Waals surface area (Å²) in [5.41, 5.74) is 5.62. The SMILES string of the molecule is CCCc1ccc(C(CSCC(C)C)NN)cc1. The van der Waals surface area contributed by atoms with Crippen molar-refractivity contribution in [2.24, 2.45) is 11.8 Å². The molecule has 18 heavy (non-hydrogen) atoms. The number of nitrogens with one attached hydrogen (secondary N) is 1. The number of hydrogen-bond acceptors (Lipinski definition) is 3. The molecule has 3 N–H and O–H groups in total. The van der Waals surface area contributed by atoms with Gasteiger partial charge in [-0.3, -0.25) is 11.3 Å². The average Bonchev–Trinajstić information content (AvgIpc) is 2.36. The summed E-state index contributed by atoms with van der Waals surface area (Å²) < 4.78 is 0. The van der Waals surface area contributed by atoms with Gasteiger partial charge in [0.15, 0.2) is 0 Å². The van der Waals surface area contributed by atoms with Gasteiger partial charge in [0.25, 0.3) is 0 Å². The maximum Gasteiger partial charge on any atom is 0.0550 e. The third-order valence-electron chi connectivity index (χ3n) is 2.86. The Balaban J connectivity index is 2.53. The van der Waals surface area contributed by atoms with Gasteiger partial charge in [0.2, 0.25) is 0 Å². The molecule has 1 rings (SSSR count). The van der Waals surface area contributed by atoms with Crippen molar-refractivity contribution in [3.05, 3.63) is 35.4 Å². The number of thioether (sulfide) groups is 1. The van der Waals surface area contributed by atoms with Crippen LogP contribution in [0.4, 0.5) is 0 Å². The van der Waals surface area contributed by atoms with Crippen molar-refractivity contribution >= 4 is 11.8 Å². The average molecular weight is 266 g/mol. The molecule has 3 heteroatoms. The molecule has 0 saturated carbocycles. The molecule has 0 aromatic heterocycles. The minimum Gasteiger partial charge on any atom is -0.271 e. The highest BCUT2D eigenvalue weighted by Crippen LogP contribution is 2.20. The van der Waals surface area contributed by atoms with E-state index in [1.165, 1.54) is 23.3 Å². The fraction of sp³-hybridized carbons (Fsp3) is 0.600. The van der Waals surface area contributed by atoms with Crippen LogP contribution < -0.4 is 11.3 Å². The predicted octanol–water partition coefficient (Wildman–Crippen LogP) is 3.53. The molecule has 1 unspecified atom stereocenters. The molecule has 0 aliphatic heterocycles. The standard InChI is InChI=1S/C15H26N2S/c1-4-5-13-6-8-14(9-7-13)15(17-16)11-18-10-12(2)3/h6-9,12,15,17H,4-5,10-11,16H2,1-3H3. The Kier molecular flexibility index (Phi) is 7.40. The van der Waals surface area contributed by atoms with E-state index in [9.17, 15) is 0 Å². The zero-order chi connectivity index (χ0) is 13.4. The van der Waals surface area contributed by atoms with Crippen LogP contribution in [0.2, 0.25) is 0 Å². The van der Waals surface area contributed by atoms with Gasteiger partial charge in [0.1, 0.15) is 0 Å². The second kappa shape index (κ2) is 8.57. The summed E-state index contributed by atoms with van der Waals surface area (Å²) in [7, 11) is 0. The Morgan fingerprint density at radius 2 is 1.83 bits per heavy atom. The molecule has 0 radical (unpaired) electrons. The van der Waals surface area contributed by atoms with Crippen LogP contribution in [0.15, 0.2) is 24.3 Å². The van der Waals surface area contributed by atoms with Crippen LogP contribution in [0.5, 0.6) is 0 Å². The zero-order valence-electron chi connectivity index (χ0n) is 11.8. The first kappa shape index (κ1) is 15.5. The van der Waals surface area contributed by atoms with Crippen molar-refractivity contribution in [1.82, 2.24) is 5.43 Å². The maximum absolute atomic E-state index is 5.66. The summed E-state index contributed by atoms with van der Waals surface area (Å²) in [5, 5.41) is 0. The largest absolute Gasteiger partial charge is 0.271 e. The summed E-state index contributed by atoms with van der Waals surface area (Å²) in [6.45, 7) is 6.70. The summed E-state index contributed by atoms with van der Waals surface area (Å²) in [6.07, 6.45) is 2.35. The molecule has 2 nitrogen and oxygen atoms in total. The predicted molar refractivity (Wildman–Crippen MR) is 82.7 cm³/mol. The number of hydrazine groups is 1. The van der Waals surface area contributed by atoms with Gasteiger partial charge in [0.05, 0.1) is 6.04 Å². The summed E-state index contributed by atoms with van der Waals surface area (Å²) in [6, 6.07) is 9.09. The first-order chi connectivity index (χ1) is 8.67. The molecular formula is C15H26N2S. The molecule has 0 bridgehead atoms. The van der Waals surface area contributed by atoms with Crippen LogP contribution in [-0.4, -0.2) is 11.5 Å². The zero-order valence-corrected chi connectivity index (χ0v) is 12.6. The second-order valence-corrected chi connectivity index (χ2v) is 6.22. The van der Waals surface area contributed by atoms with Crippen LogP contribution in [-0.2, 0) is 6.42 Å². The molecule has 0 aliphatic rings. The lowest BCUT2D eigenvalue weighted by Gasteiger charge is -2.17. The first-order valence-corrected chi connectivity index (χ1v) is 7.95. The van der Waals surface area contributed by atoms with Crippen LogP contribution in [0.25, 0.3) is 0 Å². The monoisotopic (exact) mass is 266 g/mol. The Morgan fingerprint density at radius 3 is 2.33 bits per heavy atom. The molecule has 1 aromatic rings. The molecule has 0 aliphatic carbocycles. The van der Waals surface area contributed by atoms with Gasteiger partial charge in [-0.25, -0.2) is 0 Å². The van der Waals surface area contributed by atoms with E-state index < -0.39 is 0 Å². The van der Waals surface area contributed by atoms with E-state index in [1.807, 2.05) is 11.8 Å². The molecule has 0 amide bonds. The summed E-state index contributed by atoms with van der Waals surface area (Å²) >= 11 is 1.96. The molecule has 0 spiro atoms. The number of hydrogen-bond donors (Lipinski definition) is 2. The van der Waals surface area contributed by atoms with E-state index in [4.69, 9.17) is 5.84 Å². The molecule has 102 valence electrons. The van der Waals surface area contributed by atoms with Gasteiger partial charge < -0.3 is 0 Å². The van der Waals surface area contributed by atoms with Gasteiger partial charge in [0, 0.05) is 5.75 Å². The number of benzene rings is 1. The van der Waals surface area contributed by atoms with E-state index in [1.54, 1.807) is 0 Å². The van der Waals surface area contributed by atoms with E-state index >= 15 is 0 Å². The molecule has 0 fully saturated rings. The highest BCUT2D eigenvalue weighted by atomic mass is 32.2. The summed E-state index contributed by atoms with van der Waals surface area (Å²) in [4.78, 5) is 0. The van der Waals surface area contributed by atoms with Crippen molar-refractivity contribution < 1.29 is 0 Å². The van der Waals surface area contributed by atoms with E-state index in [-0.39, 0.29) is 6.04 Å². The maximum atomic E-state index is 5.66. The molecule has 1 aromatic carbocycles. The van der Waals surface area contributed by atoms with Gasteiger partial charge in [-0.15, -0.1) is 0 Å². The topological polar surface area (TPSA) is 38.0 Å².